The largest absolute Gasteiger partial charge is 0.508 e. The number of nitrogens with zero attached hydrogens (tertiary/aromatic N) is 1. The molecule has 26 heavy (non-hydrogen) atoms. The van der Waals surface area contributed by atoms with Gasteiger partial charge in [0.25, 0.3) is 5.91 Å². The van der Waals surface area contributed by atoms with Crippen LogP contribution in [0.3, 0.4) is 0 Å². The zero-order valence-electron chi connectivity index (χ0n) is 14.5. The number of fused-ring (bicyclic) bond motifs is 1. The first-order chi connectivity index (χ1) is 12.6. The summed E-state index contributed by atoms with van der Waals surface area (Å²) >= 11 is 0. The van der Waals surface area contributed by atoms with Crippen molar-refractivity contribution in [3.63, 3.8) is 0 Å². The minimum absolute atomic E-state index is 0.0240. The van der Waals surface area contributed by atoms with Crippen molar-refractivity contribution in [2.24, 2.45) is 0 Å². The number of carbonyl (C=O) groups is 1. The van der Waals surface area contributed by atoms with E-state index in [1.54, 1.807) is 18.2 Å². The van der Waals surface area contributed by atoms with Gasteiger partial charge in [0.05, 0.1) is 11.6 Å². The van der Waals surface area contributed by atoms with Crippen LogP contribution in [0.2, 0.25) is 0 Å². The second-order valence-electron chi connectivity index (χ2n) is 6.49. The molecule has 3 aromatic carbocycles. The standard InChI is InChI=1S/C22H20N2O2/c1-15(16-8-3-2-4-9-16)24-21(17-10-7-11-18(25)14-17)23-20-13-6-5-12-19(20)22(24)26/h2-15,21,23,25H,1H3/t15-,21-/m0/s1. The van der Waals surface area contributed by atoms with E-state index in [0.29, 0.717) is 5.56 Å². The molecule has 2 N–H and O–H groups in total. The maximum Gasteiger partial charge on any atom is 0.258 e. The van der Waals surface area contributed by atoms with Crippen LogP contribution in [0.4, 0.5) is 5.69 Å². The summed E-state index contributed by atoms with van der Waals surface area (Å²) in [4.78, 5) is 15.2. The third-order valence-electron chi connectivity index (χ3n) is 4.85. The number of phenols is 1. The molecule has 0 saturated heterocycles. The Balaban J connectivity index is 1.82. The Bertz CT molecular complexity index is 940. The Morgan fingerprint density at radius 1 is 0.962 bits per heavy atom. The van der Waals surface area contributed by atoms with E-state index in [0.717, 1.165) is 16.8 Å². The van der Waals surface area contributed by atoms with Crippen molar-refractivity contribution in [1.29, 1.82) is 0 Å². The average molecular weight is 344 g/mol. The number of hydrogen-bond donors (Lipinski definition) is 2. The minimum atomic E-state index is -0.361. The highest BCUT2D eigenvalue weighted by molar-refractivity contribution is 6.02. The van der Waals surface area contributed by atoms with Crippen molar-refractivity contribution in [1.82, 2.24) is 4.90 Å². The maximum absolute atomic E-state index is 13.3. The van der Waals surface area contributed by atoms with Crippen molar-refractivity contribution in [3.8, 4) is 5.75 Å². The molecule has 130 valence electrons. The van der Waals surface area contributed by atoms with Crippen molar-refractivity contribution < 1.29 is 9.90 Å². The quantitative estimate of drug-likeness (QED) is 0.723. The Labute approximate surface area is 152 Å². The first-order valence-electron chi connectivity index (χ1n) is 8.67. The molecule has 4 heteroatoms. The van der Waals surface area contributed by atoms with Crippen molar-refractivity contribution >= 4 is 11.6 Å². The van der Waals surface area contributed by atoms with E-state index in [1.165, 1.54) is 0 Å². The lowest BCUT2D eigenvalue weighted by molar-refractivity contribution is 0.0596. The van der Waals surface area contributed by atoms with Crippen LogP contribution in [0.1, 0.15) is 40.6 Å². The zero-order valence-corrected chi connectivity index (χ0v) is 14.5. The lowest BCUT2D eigenvalue weighted by Crippen LogP contribution is -2.44. The Morgan fingerprint density at radius 3 is 2.46 bits per heavy atom. The van der Waals surface area contributed by atoms with Crippen LogP contribution >= 0.6 is 0 Å². The molecule has 0 aliphatic carbocycles. The van der Waals surface area contributed by atoms with Crippen molar-refractivity contribution in [2.75, 3.05) is 5.32 Å². The van der Waals surface area contributed by atoms with E-state index < -0.39 is 0 Å². The van der Waals surface area contributed by atoms with Crippen molar-refractivity contribution in [2.45, 2.75) is 19.1 Å². The second kappa shape index (κ2) is 6.56. The molecule has 3 aromatic rings. The van der Waals surface area contributed by atoms with E-state index in [1.807, 2.05) is 72.5 Å². The minimum Gasteiger partial charge on any atom is -0.508 e. The number of rotatable bonds is 3. The molecule has 4 nitrogen and oxygen atoms in total. The van der Waals surface area contributed by atoms with E-state index >= 15 is 0 Å². The molecule has 0 fully saturated rings. The number of amides is 1. The fourth-order valence-electron chi connectivity index (χ4n) is 3.50. The predicted octanol–water partition coefficient (Wildman–Crippen LogP) is 4.72. The van der Waals surface area contributed by atoms with Gasteiger partial charge in [-0.2, -0.15) is 0 Å². The fraction of sp³-hybridized carbons (Fsp3) is 0.136. The molecule has 1 aliphatic heterocycles. The van der Waals surface area contributed by atoms with Gasteiger partial charge in [0.15, 0.2) is 0 Å². The van der Waals surface area contributed by atoms with Crippen LogP contribution in [0.25, 0.3) is 0 Å². The zero-order chi connectivity index (χ0) is 18.1. The first-order valence-corrected chi connectivity index (χ1v) is 8.67. The summed E-state index contributed by atoms with van der Waals surface area (Å²) < 4.78 is 0. The number of para-hydroxylation sites is 1. The number of anilines is 1. The molecular weight excluding hydrogens is 324 g/mol. The van der Waals surface area contributed by atoms with Crippen LogP contribution in [0.5, 0.6) is 5.75 Å². The van der Waals surface area contributed by atoms with Crippen LogP contribution < -0.4 is 5.32 Å². The Morgan fingerprint density at radius 2 is 1.69 bits per heavy atom. The monoisotopic (exact) mass is 344 g/mol. The smallest absolute Gasteiger partial charge is 0.258 e. The normalized spacial score (nSPS) is 17.3. The maximum atomic E-state index is 13.3. The number of phenolic OH excluding ortho intramolecular Hbond substituents is 1. The molecule has 0 radical (unpaired) electrons. The van der Waals surface area contributed by atoms with E-state index in [4.69, 9.17) is 0 Å². The summed E-state index contributed by atoms with van der Waals surface area (Å²) in [6.45, 7) is 2.03. The van der Waals surface area contributed by atoms with Crippen LogP contribution in [-0.4, -0.2) is 15.9 Å². The molecule has 0 saturated carbocycles. The third-order valence-corrected chi connectivity index (χ3v) is 4.85. The lowest BCUT2D eigenvalue weighted by Gasteiger charge is -2.42. The van der Waals surface area contributed by atoms with Crippen LogP contribution in [0.15, 0.2) is 78.9 Å². The summed E-state index contributed by atoms with van der Waals surface area (Å²) in [6, 6.07) is 24.4. The van der Waals surface area contributed by atoms with Gasteiger partial charge >= 0.3 is 0 Å². The van der Waals surface area contributed by atoms with Crippen LogP contribution in [0, 0.1) is 0 Å². The molecule has 1 aliphatic rings. The van der Waals surface area contributed by atoms with Gasteiger partial charge in [-0.15, -0.1) is 0 Å². The molecule has 0 aromatic heterocycles. The average Bonchev–Trinajstić information content (AvgIpc) is 2.68. The first kappa shape index (κ1) is 16.2. The highest BCUT2D eigenvalue weighted by atomic mass is 16.3. The van der Waals surface area contributed by atoms with Gasteiger partial charge in [0.1, 0.15) is 11.9 Å². The molecule has 4 rings (SSSR count). The van der Waals surface area contributed by atoms with Gasteiger partial charge < -0.3 is 15.3 Å². The molecule has 1 amide bonds. The van der Waals surface area contributed by atoms with Gasteiger partial charge in [-0.05, 0) is 42.3 Å². The number of nitrogens with one attached hydrogen (secondary N) is 1. The third kappa shape index (κ3) is 2.80. The number of benzene rings is 3. The highest BCUT2D eigenvalue weighted by Gasteiger charge is 2.36. The molecular formula is C22H20N2O2. The summed E-state index contributed by atoms with van der Waals surface area (Å²) in [5.74, 6) is 0.159. The van der Waals surface area contributed by atoms with Gasteiger partial charge in [0, 0.05) is 5.69 Å². The number of carbonyl (C=O) groups excluding carboxylic acids is 1. The number of hydrogen-bond acceptors (Lipinski definition) is 3. The van der Waals surface area contributed by atoms with Gasteiger partial charge in [0.2, 0.25) is 0 Å². The van der Waals surface area contributed by atoms with Crippen molar-refractivity contribution in [3.05, 3.63) is 95.6 Å². The summed E-state index contributed by atoms with van der Waals surface area (Å²) in [5.41, 5.74) is 3.37. The lowest BCUT2D eigenvalue weighted by atomic mass is 9.98. The number of aromatic hydroxyl groups is 1. The van der Waals surface area contributed by atoms with Gasteiger partial charge in [-0.3, -0.25) is 4.79 Å². The SMILES string of the molecule is C[C@@H](c1ccccc1)N1C(=O)c2ccccc2N[C@@H]1c1cccc(O)c1. The van der Waals surface area contributed by atoms with Crippen LogP contribution in [-0.2, 0) is 0 Å². The van der Waals surface area contributed by atoms with Gasteiger partial charge in [-0.25, -0.2) is 0 Å². The fourth-order valence-corrected chi connectivity index (χ4v) is 3.50. The Hall–Kier alpha value is -3.27. The molecule has 0 unspecified atom stereocenters. The Kier molecular flexibility index (Phi) is 4.09. The van der Waals surface area contributed by atoms with E-state index in [-0.39, 0.29) is 23.9 Å². The topological polar surface area (TPSA) is 52.6 Å². The molecule has 0 spiro atoms. The predicted molar refractivity (Wildman–Crippen MR) is 102 cm³/mol. The highest BCUT2D eigenvalue weighted by Crippen LogP contribution is 2.39. The summed E-state index contributed by atoms with van der Waals surface area (Å²) in [5, 5.41) is 13.4. The van der Waals surface area contributed by atoms with Gasteiger partial charge in [-0.1, -0.05) is 54.6 Å². The van der Waals surface area contributed by atoms with E-state index in [9.17, 15) is 9.90 Å². The molecule has 2 atom stereocenters. The van der Waals surface area contributed by atoms with E-state index in [2.05, 4.69) is 5.32 Å². The summed E-state index contributed by atoms with van der Waals surface area (Å²) in [7, 11) is 0. The second-order valence-corrected chi connectivity index (χ2v) is 6.49. The molecule has 0 bridgehead atoms. The summed E-state index contributed by atoms with van der Waals surface area (Å²) in [6.07, 6.45) is -0.361. The molecule has 1 heterocycles.